The molecule has 0 saturated carbocycles. The Morgan fingerprint density at radius 3 is 2.26 bits per heavy atom. The van der Waals surface area contributed by atoms with Crippen LogP contribution in [-0.4, -0.2) is 34.6 Å². The van der Waals surface area contributed by atoms with Crippen molar-refractivity contribution in [2.75, 3.05) is 17.2 Å². The maximum absolute atomic E-state index is 12.0. The van der Waals surface area contributed by atoms with E-state index in [9.17, 15) is 14.4 Å². The van der Waals surface area contributed by atoms with Crippen molar-refractivity contribution in [1.82, 2.24) is 10.2 Å². The van der Waals surface area contributed by atoms with E-state index in [0.717, 1.165) is 5.01 Å². The van der Waals surface area contributed by atoms with Crippen LogP contribution in [0, 0.1) is 6.92 Å². The third-order valence-electron chi connectivity index (χ3n) is 3.81. The van der Waals surface area contributed by atoms with Gasteiger partial charge in [0, 0.05) is 12.1 Å². The van der Waals surface area contributed by atoms with Crippen LogP contribution in [0.4, 0.5) is 10.8 Å². The number of anilines is 2. The fourth-order valence-electron chi connectivity index (χ4n) is 2.39. The summed E-state index contributed by atoms with van der Waals surface area (Å²) in [6.45, 7) is 1.32. The number of hydrogen-bond donors (Lipinski definition) is 2. The molecule has 0 aliphatic carbocycles. The van der Waals surface area contributed by atoms with Gasteiger partial charge in [-0.2, -0.15) is 0 Å². The highest BCUT2D eigenvalue weighted by Gasteiger charge is 2.12. The van der Waals surface area contributed by atoms with Gasteiger partial charge in [-0.3, -0.25) is 14.4 Å². The molecule has 31 heavy (non-hydrogen) atoms. The van der Waals surface area contributed by atoms with Gasteiger partial charge in [0.15, 0.2) is 6.61 Å². The number of benzene rings is 2. The molecule has 0 aliphatic rings. The van der Waals surface area contributed by atoms with E-state index in [1.165, 1.54) is 11.3 Å². The average Bonchev–Trinajstić information content (AvgIpc) is 3.17. The van der Waals surface area contributed by atoms with Gasteiger partial charge in [0.25, 0.3) is 5.91 Å². The Kier molecular flexibility index (Phi) is 7.66. The van der Waals surface area contributed by atoms with E-state index in [2.05, 4.69) is 20.8 Å². The van der Waals surface area contributed by atoms with Gasteiger partial charge < -0.3 is 20.1 Å². The molecule has 1 heterocycles. The summed E-state index contributed by atoms with van der Waals surface area (Å²) in [6.07, 6.45) is -0.232. The molecular formula is C21H20N4O5S. The van der Waals surface area contributed by atoms with Gasteiger partial charge >= 0.3 is 5.97 Å². The maximum Gasteiger partial charge on any atom is 0.306 e. The number of ether oxygens (including phenoxy) is 2. The SMILES string of the molecule is Cc1nnc(NC(=O)CCC(=O)OCC(=O)Nc2ccc(Oc3ccccc3)cc2)s1. The van der Waals surface area contributed by atoms with Crippen LogP contribution in [0.2, 0.25) is 0 Å². The van der Waals surface area contributed by atoms with E-state index in [1.807, 2.05) is 30.3 Å². The highest BCUT2D eigenvalue weighted by Crippen LogP contribution is 2.22. The number of esters is 1. The lowest BCUT2D eigenvalue weighted by Gasteiger charge is -2.08. The van der Waals surface area contributed by atoms with E-state index in [-0.39, 0.29) is 18.7 Å². The Bertz CT molecular complexity index is 1040. The van der Waals surface area contributed by atoms with Crippen molar-refractivity contribution >= 4 is 39.9 Å². The average molecular weight is 440 g/mol. The monoisotopic (exact) mass is 440 g/mol. The van der Waals surface area contributed by atoms with E-state index < -0.39 is 18.5 Å². The van der Waals surface area contributed by atoms with Crippen LogP contribution in [-0.2, 0) is 19.1 Å². The number of carbonyl (C=O) groups excluding carboxylic acids is 3. The fourth-order valence-corrected chi connectivity index (χ4v) is 3.00. The summed E-state index contributed by atoms with van der Waals surface area (Å²) in [5.41, 5.74) is 0.535. The second-order valence-electron chi connectivity index (χ2n) is 6.32. The van der Waals surface area contributed by atoms with Crippen LogP contribution in [0.15, 0.2) is 54.6 Å². The fraction of sp³-hybridized carbons (Fsp3) is 0.190. The predicted molar refractivity (Wildman–Crippen MR) is 115 cm³/mol. The minimum atomic E-state index is -0.648. The first-order chi connectivity index (χ1) is 15.0. The summed E-state index contributed by atoms with van der Waals surface area (Å²) >= 11 is 1.24. The molecule has 0 unspecified atom stereocenters. The zero-order valence-electron chi connectivity index (χ0n) is 16.7. The predicted octanol–water partition coefficient (Wildman–Crippen LogP) is 3.54. The summed E-state index contributed by atoms with van der Waals surface area (Å²) in [7, 11) is 0. The smallest absolute Gasteiger partial charge is 0.306 e. The highest BCUT2D eigenvalue weighted by atomic mass is 32.1. The summed E-state index contributed by atoms with van der Waals surface area (Å²) in [6, 6.07) is 16.1. The molecule has 2 aromatic carbocycles. The van der Waals surface area contributed by atoms with Gasteiger partial charge in [-0.1, -0.05) is 29.5 Å². The molecule has 0 radical (unpaired) electrons. The largest absolute Gasteiger partial charge is 0.457 e. The van der Waals surface area contributed by atoms with Crippen molar-refractivity contribution in [3.05, 3.63) is 59.6 Å². The lowest BCUT2D eigenvalue weighted by Crippen LogP contribution is -2.21. The molecule has 0 aliphatic heterocycles. The summed E-state index contributed by atoms with van der Waals surface area (Å²) in [5, 5.41) is 13.8. The molecule has 2 amide bonds. The standard InChI is InChI=1S/C21H20N4O5S/c1-14-24-25-21(31-14)23-18(26)11-12-20(28)29-13-19(27)22-15-7-9-17(10-8-15)30-16-5-3-2-4-6-16/h2-10H,11-13H2,1H3,(H,22,27)(H,23,25,26). The topological polar surface area (TPSA) is 120 Å². The first-order valence-electron chi connectivity index (χ1n) is 9.36. The van der Waals surface area contributed by atoms with Gasteiger partial charge in [0.2, 0.25) is 11.0 Å². The van der Waals surface area contributed by atoms with Crippen molar-refractivity contribution in [3.63, 3.8) is 0 Å². The Morgan fingerprint density at radius 2 is 1.58 bits per heavy atom. The highest BCUT2D eigenvalue weighted by molar-refractivity contribution is 7.15. The van der Waals surface area contributed by atoms with E-state index >= 15 is 0 Å². The van der Waals surface area contributed by atoms with Crippen molar-refractivity contribution in [3.8, 4) is 11.5 Å². The number of aromatic nitrogens is 2. The van der Waals surface area contributed by atoms with Crippen LogP contribution in [0.25, 0.3) is 0 Å². The first-order valence-corrected chi connectivity index (χ1v) is 10.2. The van der Waals surface area contributed by atoms with Gasteiger partial charge in [0.05, 0.1) is 6.42 Å². The molecule has 3 rings (SSSR count). The number of para-hydroxylation sites is 1. The van der Waals surface area contributed by atoms with Crippen LogP contribution >= 0.6 is 11.3 Å². The van der Waals surface area contributed by atoms with E-state index in [1.54, 1.807) is 31.2 Å². The van der Waals surface area contributed by atoms with Crippen LogP contribution in [0.5, 0.6) is 11.5 Å². The molecule has 0 saturated heterocycles. The Hall–Kier alpha value is -3.79. The van der Waals surface area contributed by atoms with Crippen molar-refractivity contribution in [1.29, 1.82) is 0 Å². The number of hydrogen-bond acceptors (Lipinski definition) is 8. The molecule has 2 N–H and O–H groups in total. The maximum atomic E-state index is 12.0. The van der Waals surface area contributed by atoms with Gasteiger partial charge in [0.1, 0.15) is 16.5 Å². The van der Waals surface area contributed by atoms with Gasteiger partial charge in [-0.25, -0.2) is 0 Å². The minimum Gasteiger partial charge on any atom is -0.457 e. The zero-order chi connectivity index (χ0) is 22.1. The third-order valence-corrected chi connectivity index (χ3v) is 4.56. The van der Waals surface area contributed by atoms with Gasteiger partial charge in [-0.15, -0.1) is 10.2 Å². The Balaban J connectivity index is 1.35. The molecule has 9 nitrogen and oxygen atoms in total. The minimum absolute atomic E-state index is 0.0814. The quantitative estimate of drug-likeness (QED) is 0.488. The molecule has 1 aromatic heterocycles. The second kappa shape index (κ2) is 10.8. The number of carbonyl (C=O) groups is 3. The number of rotatable bonds is 9. The number of aryl methyl sites for hydroxylation is 1. The molecule has 0 bridgehead atoms. The van der Waals surface area contributed by atoms with Crippen LogP contribution < -0.4 is 15.4 Å². The van der Waals surface area contributed by atoms with Crippen LogP contribution in [0.3, 0.4) is 0 Å². The third kappa shape index (κ3) is 7.52. The number of nitrogens with zero attached hydrogens (tertiary/aromatic N) is 2. The van der Waals surface area contributed by atoms with E-state index in [0.29, 0.717) is 22.3 Å². The molecule has 0 spiro atoms. The van der Waals surface area contributed by atoms with Crippen molar-refractivity contribution < 1.29 is 23.9 Å². The molecule has 0 fully saturated rings. The molecule has 3 aromatic rings. The first kappa shape index (κ1) is 21.9. The molecule has 160 valence electrons. The van der Waals surface area contributed by atoms with Gasteiger partial charge in [-0.05, 0) is 43.3 Å². The lowest BCUT2D eigenvalue weighted by molar-refractivity contribution is -0.147. The molecule has 0 atom stereocenters. The van der Waals surface area contributed by atoms with Crippen LogP contribution in [0.1, 0.15) is 17.8 Å². The molecular weight excluding hydrogens is 420 g/mol. The summed E-state index contributed by atoms with van der Waals surface area (Å²) < 4.78 is 10.6. The number of amides is 2. The lowest BCUT2D eigenvalue weighted by atomic mass is 10.3. The normalized spacial score (nSPS) is 10.2. The Labute approximate surface area is 182 Å². The zero-order valence-corrected chi connectivity index (χ0v) is 17.5. The van der Waals surface area contributed by atoms with Crippen molar-refractivity contribution in [2.45, 2.75) is 19.8 Å². The van der Waals surface area contributed by atoms with Crippen molar-refractivity contribution in [2.24, 2.45) is 0 Å². The number of nitrogens with one attached hydrogen (secondary N) is 2. The summed E-state index contributed by atoms with van der Waals surface area (Å²) in [5.74, 6) is -0.185. The molecule has 10 heteroatoms. The second-order valence-corrected chi connectivity index (χ2v) is 7.50. The summed E-state index contributed by atoms with van der Waals surface area (Å²) in [4.78, 5) is 35.5. The Morgan fingerprint density at radius 1 is 0.871 bits per heavy atom. The van der Waals surface area contributed by atoms with E-state index in [4.69, 9.17) is 9.47 Å².